The van der Waals surface area contributed by atoms with Gasteiger partial charge in [-0.05, 0) is 18.1 Å². The van der Waals surface area contributed by atoms with Crippen LogP contribution in [-0.4, -0.2) is 35.9 Å². The third kappa shape index (κ3) is 4.99. The van der Waals surface area contributed by atoms with E-state index in [2.05, 4.69) is 11.1 Å². The summed E-state index contributed by atoms with van der Waals surface area (Å²) in [4.78, 5) is 3.16. The summed E-state index contributed by atoms with van der Waals surface area (Å²) >= 11 is 0. The van der Waals surface area contributed by atoms with Crippen molar-refractivity contribution >= 4 is 21.0 Å². The first-order valence-corrected chi connectivity index (χ1v) is 6.85. The van der Waals surface area contributed by atoms with Crippen molar-refractivity contribution in [2.75, 3.05) is 12.9 Å². The number of aliphatic hydroxyl groups excluding tert-OH is 1. The van der Waals surface area contributed by atoms with Gasteiger partial charge in [0, 0.05) is 23.7 Å². The lowest BCUT2D eigenvalue weighted by molar-refractivity contribution is 0.300. The molecule has 0 atom stereocenters. The lowest BCUT2D eigenvalue weighted by atomic mass is 10.1. The first-order valence-electron chi connectivity index (χ1n) is 5.00. The zero-order valence-electron chi connectivity index (χ0n) is 9.42. The van der Waals surface area contributed by atoms with E-state index in [-0.39, 0.29) is 6.61 Å². The van der Waals surface area contributed by atoms with Crippen LogP contribution in [0.5, 0.6) is 0 Å². The van der Waals surface area contributed by atoms with Gasteiger partial charge in [0.25, 0.3) is 10.1 Å². The Hall–Kier alpha value is -1.37. The zero-order chi connectivity index (χ0) is 12.9. The Morgan fingerprint density at radius 2 is 1.88 bits per heavy atom. The van der Waals surface area contributed by atoms with E-state index in [1.54, 1.807) is 0 Å². The highest BCUT2D eigenvalue weighted by Crippen LogP contribution is 2.17. The van der Waals surface area contributed by atoms with Gasteiger partial charge in [0.1, 0.15) is 0 Å². The molecular weight excluding hydrogens is 242 g/mol. The summed E-state index contributed by atoms with van der Waals surface area (Å²) in [5.74, 6) is 0. The smallest absolute Gasteiger partial charge is 0.261 e. The lowest BCUT2D eigenvalue weighted by Crippen LogP contribution is -1.88. The summed E-state index contributed by atoms with van der Waals surface area (Å²) in [6.07, 6.45) is 3.40. The minimum Gasteiger partial charge on any atom is -0.396 e. The molecule has 2 rings (SSSR count). The maximum atomic E-state index is 9.19. The lowest BCUT2D eigenvalue weighted by Gasteiger charge is -1.93. The van der Waals surface area contributed by atoms with Crippen LogP contribution in [0.4, 0.5) is 0 Å². The Labute approximate surface area is 99.8 Å². The topological polar surface area (TPSA) is 90.4 Å². The number of benzene rings is 1. The number of nitrogens with one attached hydrogen (secondary N) is 1. The van der Waals surface area contributed by atoms with Crippen molar-refractivity contribution in [1.29, 1.82) is 0 Å². The van der Waals surface area contributed by atoms with Gasteiger partial charge in [0.05, 0.1) is 6.26 Å². The molecule has 5 nitrogen and oxygen atoms in total. The van der Waals surface area contributed by atoms with E-state index in [9.17, 15) is 8.42 Å². The molecule has 0 unspecified atom stereocenters. The second kappa shape index (κ2) is 5.81. The third-order valence-corrected chi connectivity index (χ3v) is 2.06. The van der Waals surface area contributed by atoms with Crippen LogP contribution in [0.25, 0.3) is 10.9 Å². The Morgan fingerprint density at radius 1 is 1.29 bits per heavy atom. The molecular formula is C11H15NO4S. The van der Waals surface area contributed by atoms with E-state index < -0.39 is 10.1 Å². The zero-order valence-corrected chi connectivity index (χ0v) is 10.2. The number of H-pyrrole nitrogens is 1. The molecule has 94 valence electrons. The summed E-state index contributed by atoms with van der Waals surface area (Å²) < 4.78 is 25.9. The van der Waals surface area contributed by atoms with Crippen LogP contribution >= 0.6 is 0 Å². The van der Waals surface area contributed by atoms with Crippen LogP contribution < -0.4 is 0 Å². The first kappa shape index (κ1) is 13.7. The Balaban J connectivity index is 0.000000249. The fraction of sp³-hybridized carbons (Fsp3) is 0.273. The largest absolute Gasteiger partial charge is 0.396 e. The predicted octanol–water partition coefficient (Wildman–Crippen LogP) is 1.21. The average Bonchev–Trinajstić information content (AvgIpc) is 2.60. The fourth-order valence-electron chi connectivity index (χ4n) is 1.46. The Morgan fingerprint density at radius 3 is 2.47 bits per heavy atom. The molecule has 0 saturated heterocycles. The van der Waals surface area contributed by atoms with Crippen molar-refractivity contribution in [3.63, 3.8) is 0 Å². The molecule has 17 heavy (non-hydrogen) atoms. The molecule has 0 aliphatic heterocycles. The highest BCUT2D eigenvalue weighted by molar-refractivity contribution is 7.85. The molecule has 0 fully saturated rings. The SMILES string of the molecule is CS(=O)(=O)O.OCCc1c[nH]c2ccccc12. The van der Waals surface area contributed by atoms with Gasteiger partial charge in [-0.25, -0.2) is 0 Å². The van der Waals surface area contributed by atoms with Gasteiger partial charge in [0.15, 0.2) is 0 Å². The number of hydrogen-bond donors (Lipinski definition) is 3. The Bertz CT molecular complexity index is 566. The van der Waals surface area contributed by atoms with Crippen LogP contribution in [-0.2, 0) is 16.5 Å². The molecule has 0 aliphatic rings. The maximum absolute atomic E-state index is 9.19. The number of aliphatic hydroxyl groups is 1. The van der Waals surface area contributed by atoms with Gasteiger partial charge in [-0.3, -0.25) is 4.55 Å². The van der Waals surface area contributed by atoms with Gasteiger partial charge >= 0.3 is 0 Å². The molecule has 0 spiro atoms. The van der Waals surface area contributed by atoms with Crippen molar-refractivity contribution in [2.45, 2.75) is 6.42 Å². The quantitative estimate of drug-likeness (QED) is 0.705. The summed E-state index contributed by atoms with van der Waals surface area (Å²) in [5.41, 5.74) is 2.33. The summed E-state index contributed by atoms with van der Waals surface area (Å²) in [5, 5.41) is 10.00. The van der Waals surface area contributed by atoms with Crippen LogP contribution in [0.3, 0.4) is 0 Å². The van der Waals surface area contributed by atoms with Crippen LogP contribution in [0, 0.1) is 0 Å². The second-order valence-corrected chi connectivity index (χ2v) is 5.03. The van der Waals surface area contributed by atoms with Crippen molar-refractivity contribution < 1.29 is 18.1 Å². The van der Waals surface area contributed by atoms with Crippen molar-refractivity contribution in [3.8, 4) is 0 Å². The molecule has 0 bridgehead atoms. The molecule has 0 aliphatic carbocycles. The maximum Gasteiger partial charge on any atom is 0.261 e. The van der Waals surface area contributed by atoms with Crippen molar-refractivity contribution in [1.82, 2.24) is 4.98 Å². The van der Waals surface area contributed by atoms with E-state index in [1.807, 2.05) is 24.4 Å². The molecule has 2 aromatic rings. The van der Waals surface area contributed by atoms with Crippen LogP contribution in [0.15, 0.2) is 30.5 Å². The first-order chi connectivity index (χ1) is 7.92. The summed E-state index contributed by atoms with van der Waals surface area (Å²) in [6.45, 7) is 0.210. The van der Waals surface area contributed by atoms with Gasteiger partial charge in [-0.1, -0.05) is 18.2 Å². The molecule has 1 heterocycles. The molecule has 1 aromatic carbocycles. The van der Waals surface area contributed by atoms with Crippen molar-refractivity contribution in [3.05, 3.63) is 36.0 Å². The molecule has 0 saturated carbocycles. The number of hydrogen-bond acceptors (Lipinski definition) is 3. The molecule has 3 N–H and O–H groups in total. The molecule has 1 aromatic heterocycles. The van der Waals surface area contributed by atoms with Gasteiger partial charge in [-0.2, -0.15) is 8.42 Å². The van der Waals surface area contributed by atoms with Crippen LogP contribution in [0.1, 0.15) is 5.56 Å². The second-order valence-electron chi connectivity index (χ2n) is 3.57. The summed E-state index contributed by atoms with van der Waals surface area (Å²) in [7, 11) is -3.67. The molecule has 0 amide bonds. The predicted molar refractivity (Wildman–Crippen MR) is 66.6 cm³/mol. The van der Waals surface area contributed by atoms with E-state index >= 15 is 0 Å². The minimum atomic E-state index is -3.67. The number of para-hydroxylation sites is 1. The van der Waals surface area contributed by atoms with E-state index in [4.69, 9.17) is 9.66 Å². The van der Waals surface area contributed by atoms with Gasteiger partial charge < -0.3 is 10.1 Å². The average molecular weight is 257 g/mol. The van der Waals surface area contributed by atoms with E-state index in [1.165, 1.54) is 10.9 Å². The standard InChI is InChI=1S/C10H11NO.CH4O3S/c12-6-5-8-7-11-10-4-2-1-3-9(8)10;1-5(2,3)4/h1-4,7,11-12H,5-6H2;1H3,(H,2,3,4). The van der Waals surface area contributed by atoms with E-state index in [0.717, 1.165) is 11.9 Å². The third-order valence-electron chi connectivity index (χ3n) is 2.06. The monoisotopic (exact) mass is 257 g/mol. The highest BCUT2D eigenvalue weighted by atomic mass is 32.2. The fourth-order valence-corrected chi connectivity index (χ4v) is 1.46. The summed E-state index contributed by atoms with van der Waals surface area (Å²) in [6, 6.07) is 8.12. The number of aromatic amines is 1. The normalized spacial score (nSPS) is 11.0. The minimum absolute atomic E-state index is 0.210. The number of rotatable bonds is 2. The molecule has 0 radical (unpaired) electrons. The highest BCUT2D eigenvalue weighted by Gasteiger charge is 2.00. The molecule has 6 heteroatoms. The number of fused-ring (bicyclic) bond motifs is 1. The Kier molecular flexibility index (Phi) is 4.68. The number of aromatic nitrogens is 1. The van der Waals surface area contributed by atoms with Gasteiger partial charge in [-0.15, -0.1) is 0 Å². The van der Waals surface area contributed by atoms with Crippen LogP contribution in [0.2, 0.25) is 0 Å². The van der Waals surface area contributed by atoms with Gasteiger partial charge in [0.2, 0.25) is 0 Å². The van der Waals surface area contributed by atoms with Crippen molar-refractivity contribution in [2.24, 2.45) is 0 Å². The van der Waals surface area contributed by atoms with E-state index in [0.29, 0.717) is 6.26 Å².